The van der Waals surface area contributed by atoms with Gasteiger partial charge in [0, 0.05) is 10.6 Å². The van der Waals surface area contributed by atoms with E-state index in [1.54, 1.807) is 43.3 Å². The fourth-order valence-corrected chi connectivity index (χ4v) is 2.64. The van der Waals surface area contributed by atoms with E-state index in [0.717, 1.165) is 5.56 Å². The maximum Gasteiger partial charge on any atom is 0.334 e. The first-order valence-corrected chi connectivity index (χ1v) is 7.62. The summed E-state index contributed by atoms with van der Waals surface area (Å²) in [6.07, 6.45) is 1.33. The third-order valence-electron chi connectivity index (χ3n) is 3.75. The predicted octanol–water partition coefficient (Wildman–Crippen LogP) is 4.07. The van der Waals surface area contributed by atoms with Crippen LogP contribution >= 0.6 is 11.6 Å². The summed E-state index contributed by atoms with van der Waals surface area (Å²) in [6.45, 7) is 1.72. The zero-order valence-corrected chi connectivity index (χ0v) is 13.2. The Morgan fingerprint density at radius 2 is 1.87 bits per heavy atom. The summed E-state index contributed by atoms with van der Waals surface area (Å²) in [7, 11) is 0. The fourth-order valence-electron chi connectivity index (χ4n) is 2.52. The number of halogens is 1. The number of hydrogen-bond acceptors (Lipinski definition) is 4. The van der Waals surface area contributed by atoms with Crippen LogP contribution in [0.2, 0.25) is 5.02 Å². The number of anilines is 1. The van der Waals surface area contributed by atoms with Gasteiger partial charge in [0.1, 0.15) is 11.9 Å². The lowest BCUT2D eigenvalue weighted by molar-refractivity contribution is -0.140. The first kappa shape index (κ1) is 15.4. The summed E-state index contributed by atoms with van der Waals surface area (Å²) in [6, 6.07) is 13.9. The molecule has 118 valence electrons. The van der Waals surface area contributed by atoms with Crippen LogP contribution in [0.3, 0.4) is 0 Å². The number of hydrogen-bond donors (Lipinski definition) is 2. The van der Waals surface area contributed by atoms with Crippen molar-refractivity contribution in [3.8, 4) is 5.75 Å². The molecule has 0 radical (unpaired) electrons. The van der Waals surface area contributed by atoms with Crippen LogP contribution in [0.25, 0.3) is 0 Å². The molecule has 2 aromatic rings. The van der Waals surface area contributed by atoms with Gasteiger partial charge < -0.3 is 15.2 Å². The molecule has 23 heavy (non-hydrogen) atoms. The Kier molecular flexibility index (Phi) is 4.26. The lowest BCUT2D eigenvalue weighted by Crippen LogP contribution is -2.25. The Hall–Kier alpha value is -2.46. The van der Waals surface area contributed by atoms with E-state index in [9.17, 15) is 9.90 Å². The molecule has 3 rings (SSSR count). The summed E-state index contributed by atoms with van der Waals surface area (Å²) in [4.78, 5) is 11.7. The number of ether oxygens (including phenoxy) is 1. The number of rotatable bonds is 4. The second-order valence-electron chi connectivity index (χ2n) is 5.41. The molecule has 0 saturated carbocycles. The van der Waals surface area contributed by atoms with E-state index in [2.05, 4.69) is 5.32 Å². The van der Waals surface area contributed by atoms with E-state index < -0.39 is 6.10 Å². The van der Waals surface area contributed by atoms with Crippen molar-refractivity contribution in [2.45, 2.75) is 19.1 Å². The highest BCUT2D eigenvalue weighted by atomic mass is 35.5. The van der Waals surface area contributed by atoms with Crippen molar-refractivity contribution < 1.29 is 14.6 Å². The highest BCUT2D eigenvalue weighted by molar-refractivity contribution is 6.30. The highest BCUT2D eigenvalue weighted by Crippen LogP contribution is 2.33. The van der Waals surface area contributed by atoms with Crippen LogP contribution < -0.4 is 5.32 Å². The van der Waals surface area contributed by atoms with Gasteiger partial charge in [-0.15, -0.1) is 0 Å². The molecule has 0 bridgehead atoms. The van der Waals surface area contributed by atoms with Crippen LogP contribution in [-0.4, -0.2) is 17.2 Å². The minimum absolute atomic E-state index is 0.136. The summed E-state index contributed by atoms with van der Waals surface area (Å²) in [5.74, 6) is -0.190. The number of esters is 1. The van der Waals surface area contributed by atoms with Gasteiger partial charge in [-0.2, -0.15) is 0 Å². The topological polar surface area (TPSA) is 58.6 Å². The molecular weight excluding hydrogens is 314 g/mol. The number of para-hydroxylation sites is 2. The standard InChI is InChI=1S/C18H16ClNO3/c1-11-10-16(23-18(11)22)17(12-6-8-13(19)9-7-12)20-14-4-2-3-5-15(14)21/h2-10,16-17,20-21H,1H3/t16-,17+/m1/s1. The highest BCUT2D eigenvalue weighted by Gasteiger charge is 2.31. The molecule has 0 amide bonds. The van der Waals surface area contributed by atoms with Crippen LogP contribution in [0.15, 0.2) is 60.2 Å². The Bertz CT molecular complexity index is 755. The molecule has 0 aliphatic carbocycles. The van der Waals surface area contributed by atoms with Gasteiger partial charge in [-0.1, -0.05) is 35.9 Å². The van der Waals surface area contributed by atoms with Crippen LogP contribution in [0.5, 0.6) is 5.75 Å². The smallest absolute Gasteiger partial charge is 0.334 e. The lowest BCUT2D eigenvalue weighted by Gasteiger charge is -2.25. The zero-order chi connectivity index (χ0) is 16.4. The van der Waals surface area contributed by atoms with Gasteiger partial charge in [-0.3, -0.25) is 0 Å². The molecule has 0 aromatic heterocycles. The number of phenolic OH excluding ortho intramolecular Hbond substituents is 1. The molecule has 2 N–H and O–H groups in total. The van der Waals surface area contributed by atoms with E-state index in [-0.39, 0.29) is 17.8 Å². The predicted molar refractivity (Wildman–Crippen MR) is 89.6 cm³/mol. The maximum absolute atomic E-state index is 11.7. The maximum atomic E-state index is 11.7. The number of phenols is 1. The Balaban J connectivity index is 1.95. The Morgan fingerprint density at radius 1 is 1.17 bits per heavy atom. The zero-order valence-electron chi connectivity index (χ0n) is 12.5. The van der Waals surface area contributed by atoms with Gasteiger partial charge in [-0.05, 0) is 42.8 Å². The SMILES string of the molecule is CC1=C[C@H]([C@@H](Nc2ccccc2O)c2ccc(Cl)cc2)OC1=O. The molecular formula is C18H16ClNO3. The molecule has 0 fully saturated rings. The number of cyclic esters (lactones) is 1. The van der Waals surface area contributed by atoms with E-state index in [1.165, 1.54) is 0 Å². The third kappa shape index (κ3) is 3.32. The van der Waals surface area contributed by atoms with Gasteiger partial charge >= 0.3 is 5.97 Å². The fraction of sp³-hybridized carbons (Fsp3) is 0.167. The second kappa shape index (κ2) is 6.34. The molecule has 2 aromatic carbocycles. The molecule has 0 spiro atoms. The van der Waals surface area contributed by atoms with Crippen LogP contribution in [0, 0.1) is 0 Å². The van der Waals surface area contributed by atoms with Gasteiger partial charge in [0.25, 0.3) is 0 Å². The molecule has 4 nitrogen and oxygen atoms in total. The normalized spacial score (nSPS) is 18.3. The van der Waals surface area contributed by atoms with Crippen LogP contribution in [-0.2, 0) is 9.53 Å². The second-order valence-corrected chi connectivity index (χ2v) is 5.85. The Labute approximate surface area is 139 Å². The van der Waals surface area contributed by atoms with Gasteiger partial charge in [0.05, 0.1) is 11.7 Å². The molecule has 0 saturated heterocycles. The molecule has 1 aliphatic heterocycles. The van der Waals surface area contributed by atoms with E-state index in [0.29, 0.717) is 16.3 Å². The van der Waals surface area contributed by atoms with Crippen LogP contribution in [0.1, 0.15) is 18.5 Å². The number of carbonyl (C=O) groups is 1. The molecule has 0 unspecified atom stereocenters. The minimum atomic E-state index is -0.455. The average Bonchev–Trinajstić information content (AvgIpc) is 2.87. The van der Waals surface area contributed by atoms with Crippen LogP contribution in [0.4, 0.5) is 5.69 Å². The molecule has 5 heteroatoms. The molecule has 2 atom stereocenters. The number of benzene rings is 2. The number of aromatic hydroxyl groups is 1. The van der Waals surface area contributed by atoms with Crippen molar-refractivity contribution >= 4 is 23.3 Å². The number of nitrogens with one attached hydrogen (secondary N) is 1. The van der Waals surface area contributed by atoms with Crippen molar-refractivity contribution in [2.75, 3.05) is 5.32 Å². The number of carbonyl (C=O) groups excluding carboxylic acids is 1. The van der Waals surface area contributed by atoms with Crippen molar-refractivity contribution in [1.82, 2.24) is 0 Å². The van der Waals surface area contributed by atoms with Crippen molar-refractivity contribution in [2.24, 2.45) is 0 Å². The van der Waals surface area contributed by atoms with Crippen molar-refractivity contribution in [3.05, 3.63) is 70.8 Å². The largest absolute Gasteiger partial charge is 0.506 e. The summed E-state index contributed by atoms with van der Waals surface area (Å²) in [5.41, 5.74) is 2.05. The monoisotopic (exact) mass is 329 g/mol. The average molecular weight is 330 g/mol. The molecule has 1 heterocycles. The lowest BCUT2D eigenvalue weighted by atomic mass is 10.00. The van der Waals surface area contributed by atoms with E-state index in [4.69, 9.17) is 16.3 Å². The van der Waals surface area contributed by atoms with E-state index in [1.807, 2.05) is 18.2 Å². The van der Waals surface area contributed by atoms with E-state index >= 15 is 0 Å². The summed E-state index contributed by atoms with van der Waals surface area (Å²) in [5, 5.41) is 13.9. The summed E-state index contributed by atoms with van der Waals surface area (Å²) < 4.78 is 5.42. The first-order chi connectivity index (χ1) is 11.0. The van der Waals surface area contributed by atoms with Gasteiger partial charge in [0.15, 0.2) is 0 Å². The first-order valence-electron chi connectivity index (χ1n) is 7.24. The van der Waals surface area contributed by atoms with Crippen molar-refractivity contribution in [1.29, 1.82) is 0 Å². The summed E-state index contributed by atoms with van der Waals surface area (Å²) >= 11 is 5.95. The molecule has 1 aliphatic rings. The third-order valence-corrected chi connectivity index (χ3v) is 4.00. The quantitative estimate of drug-likeness (QED) is 0.655. The van der Waals surface area contributed by atoms with Crippen molar-refractivity contribution in [3.63, 3.8) is 0 Å². The minimum Gasteiger partial charge on any atom is -0.506 e. The van der Waals surface area contributed by atoms with Gasteiger partial charge in [0.2, 0.25) is 0 Å². The van der Waals surface area contributed by atoms with Gasteiger partial charge in [-0.25, -0.2) is 4.79 Å². The Morgan fingerprint density at radius 3 is 2.48 bits per heavy atom.